The third kappa shape index (κ3) is 20.5. The molecular formula is C2H8CaO4. The Morgan fingerprint density at radius 1 is 1.57 bits per heavy atom. The van der Waals surface area contributed by atoms with E-state index >= 15 is 0 Å². The van der Waals surface area contributed by atoms with Crippen molar-refractivity contribution in [2.24, 2.45) is 0 Å². The van der Waals surface area contributed by atoms with E-state index in [1.54, 1.807) is 0 Å². The van der Waals surface area contributed by atoms with Crippen LogP contribution in [0, 0.1) is 0 Å². The van der Waals surface area contributed by atoms with Crippen LogP contribution in [-0.4, -0.2) is 66.0 Å². The maximum absolute atomic E-state index is 9.12. The van der Waals surface area contributed by atoms with Crippen molar-refractivity contribution in [3.8, 4) is 0 Å². The Labute approximate surface area is 70.5 Å². The van der Waals surface area contributed by atoms with Crippen LogP contribution in [0.2, 0.25) is 0 Å². The molecule has 0 bridgehead atoms. The fourth-order valence-corrected chi connectivity index (χ4v) is 0. The van der Waals surface area contributed by atoms with Gasteiger partial charge in [-0.2, -0.15) is 0 Å². The number of carboxylic acid groups (broad SMARTS) is 1. The Bertz CT molecular complexity index is 45.0. The van der Waals surface area contributed by atoms with Crippen molar-refractivity contribution in [3.05, 3.63) is 0 Å². The first-order valence-electron chi connectivity index (χ1n) is 1.10. The van der Waals surface area contributed by atoms with Gasteiger partial charge < -0.3 is 15.7 Å². The second-order valence-corrected chi connectivity index (χ2v) is 0.552. The molecular weight excluding hydrogens is 128 g/mol. The van der Waals surface area contributed by atoms with Gasteiger partial charge in [0.05, 0.1) is 0 Å². The monoisotopic (exact) mass is 136 g/mol. The van der Waals surface area contributed by atoms with E-state index in [0.717, 1.165) is 0 Å². The zero-order valence-corrected chi connectivity index (χ0v) is 3.01. The fourth-order valence-electron chi connectivity index (χ4n) is 0. The van der Waals surface area contributed by atoms with Gasteiger partial charge in [0.25, 0.3) is 0 Å². The molecule has 0 atom stereocenters. The van der Waals surface area contributed by atoms with E-state index < -0.39 is 12.6 Å². The number of carbonyl (C=O) groups is 1. The van der Waals surface area contributed by atoms with E-state index in [1.807, 2.05) is 0 Å². The Balaban J connectivity index is -0.0000000800. The van der Waals surface area contributed by atoms with Crippen LogP contribution < -0.4 is 0 Å². The molecule has 42 valence electrons. The quantitative estimate of drug-likeness (QED) is 0.385. The molecule has 0 heterocycles. The third-order valence-corrected chi connectivity index (χ3v) is 0.135. The van der Waals surface area contributed by atoms with Crippen molar-refractivity contribution in [2.75, 3.05) is 6.61 Å². The van der Waals surface area contributed by atoms with Crippen molar-refractivity contribution >= 4 is 43.7 Å². The summed E-state index contributed by atoms with van der Waals surface area (Å²) in [5.74, 6) is -1.19. The summed E-state index contributed by atoms with van der Waals surface area (Å²) in [5.41, 5.74) is 0. The Kier molecular flexibility index (Phi) is 21.9. The molecule has 0 aliphatic carbocycles. The van der Waals surface area contributed by atoms with Crippen LogP contribution >= 0.6 is 0 Å². The molecule has 0 amide bonds. The third-order valence-electron chi connectivity index (χ3n) is 0.135. The molecule has 5 heteroatoms. The minimum absolute atomic E-state index is 0. The minimum atomic E-state index is -1.19. The normalized spacial score (nSPS) is 5.29. The zero-order chi connectivity index (χ0) is 4.28. The second kappa shape index (κ2) is 9.82. The van der Waals surface area contributed by atoms with Gasteiger partial charge in [-0.3, -0.25) is 0 Å². The van der Waals surface area contributed by atoms with Gasteiger partial charge in [-0.15, -0.1) is 0 Å². The van der Waals surface area contributed by atoms with Gasteiger partial charge in [-0.05, 0) is 0 Å². The van der Waals surface area contributed by atoms with Crippen LogP contribution in [0.1, 0.15) is 0 Å². The number of hydrogen-bond acceptors (Lipinski definition) is 2. The average molecular weight is 136 g/mol. The molecule has 0 radical (unpaired) electrons. The van der Waals surface area contributed by atoms with Gasteiger partial charge >= 0.3 is 43.7 Å². The summed E-state index contributed by atoms with van der Waals surface area (Å²) in [7, 11) is 0. The second-order valence-electron chi connectivity index (χ2n) is 0.552. The van der Waals surface area contributed by atoms with Crippen molar-refractivity contribution in [1.82, 2.24) is 0 Å². The fraction of sp³-hybridized carbons (Fsp3) is 0.500. The molecule has 0 unspecified atom stereocenters. The maximum atomic E-state index is 9.12. The first kappa shape index (κ1) is 15.6. The van der Waals surface area contributed by atoms with Crippen LogP contribution in [0.3, 0.4) is 0 Å². The predicted molar refractivity (Wildman–Crippen MR) is 26.9 cm³/mol. The van der Waals surface area contributed by atoms with Crippen LogP contribution in [0.4, 0.5) is 0 Å². The molecule has 0 aromatic heterocycles. The summed E-state index contributed by atoms with van der Waals surface area (Å²) in [6.07, 6.45) is 0. The first-order valence-corrected chi connectivity index (χ1v) is 1.10. The molecule has 0 rings (SSSR count). The summed E-state index contributed by atoms with van der Waals surface area (Å²) in [6.45, 7) is -0.778. The molecule has 0 fully saturated rings. The van der Waals surface area contributed by atoms with Crippen LogP contribution in [-0.2, 0) is 4.79 Å². The summed E-state index contributed by atoms with van der Waals surface area (Å²) in [6, 6.07) is 0. The number of carboxylic acids is 1. The topological polar surface area (TPSA) is 89.0 Å². The Hall–Kier alpha value is 0.650. The van der Waals surface area contributed by atoms with E-state index in [1.165, 1.54) is 0 Å². The molecule has 4 N–H and O–H groups in total. The van der Waals surface area contributed by atoms with Crippen molar-refractivity contribution in [2.45, 2.75) is 0 Å². The number of hydrogen-bond donors (Lipinski definition) is 2. The van der Waals surface area contributed by atoms with Crippen molar-refractivity contribution < 1.29 is 20.5 Å². The van der Waals surface area contributed by atoms with E-state index in [2.05, 4.69) is 0 Å². The van der Waals surface area contributed by atoms with Gasteiger partial charge in [0.1, 0.15) is 6.61 Å². The van der Waals surface area contributed by atoms with Gasteiger partial charge in [-0.1, -0.05) is 0 Å². The van der Waals surface area contributed by atoms with Crippen molar-refractivity contribution in [1.29, 1.82) is 0 Å². The summed E-state index contributed by atoms with van der Waals surface area (Å²) >= 11 is 0. The summed E-state index contributed by atoms with van der Waals surface area (Å²) in [4.78, 5) is 9.12. The summed E-state index contributed by atoms with van der Waals surface area (Å²) < 4.78 is 0. The first-order chi connectivity index (χ1) is 2.27. The van der Waals surface area contributed by atoms with Crippen LogP contribution in [0.25, 0.3) is 0 Å². The molecule has 4 nitrogen and oxygen atoms in total. The van der Waals surface area contributed by atoms with Crippen LogP contribution in [0.5, 0.6) is 0 Å². The molecule has 0 aromatic carbocycles. The predicted octanol–water partition coefficient (Wildman–Crippen LogP) is -2.68. The summed E-state index contributed by atoms with van der Waals surface area (Å²) in [5, 5.41) is 15.0. The van der Waals surface area contributed by atoms with Gasteiger partial charge in [0.2, 0.25) is 0 Å². The van der Waals surface area contributed by atoms with Crippen molar-refractivity contribution in [3.63, 3.8) is 0 Å². The molecule has 7 heavy (non-hydrogen) atoms. The zero-order valence-electron chi connectivity index (χ0n) is 3.01. The van der Waals surface area contributed by atoms with Crippen LogP contribution in [0.15, 0.2) is 0 Å². The number of aliphatic carboxylic acids is 1. The molecule has 0 aliphatic heterocycles. The number of aliphatic hydroxyl groups excluding tert-OH is 1. The van der Waals surface area contributed by atoms with Gasteiger partial charge in [-0.25, -0.2) is 4.79 Å². The van der Waals surface area contributed by atoms with E-state index in [-0.39, 0.29) is 43.2 Å². The number of rotatable bonds is 1. The van der Waals surface area contributed by atoms with Gasteiger partial charge in [0.15, 0.2) is 0 Å². The molecule has 0 spiro atoms. The SMILES string of the molecule is O.O=C(O)CO.[CaH2]. The number of aliphatic hydroxyl groups is 1. The standard InChI is InChI=1S/C2H4O3.Ca.H2O.2H/c3-1-2(4)5;;;;/h3H,1H2,(H,4,5);;1H2;;. The van der Waals surface area contributed by atoms with E-state index in [4.69, 9.17) is 15.0 Å². The molecule has 0 aliphatic rings. The van der Waals surface area contributed by atoms with Gasteiger partial charge in [0, 0.05) is 0 Å². The Morgan fingerprint density at radius 3 is 1.71 bits per heavy atom. The van der Waals surface area contributed by atoms with E-state index in [9.17, 15) is 0 Å². The van der Waals surface area contributed by atoms with E-state index in [0.29, 0.717) is 0 Å². The molecule has 0 saturated carbocycles. The Morgan fingerprint density at radius 2 is 1.71 bits per heavy atom. The average Bonchev–Trinajstić information content (AvgIpc) is 1.38. The molecule has 0 saturated heterocycles. The molecule has 0 aromatic rings.